The van der Waals surface area contributed by atoms with E-state index in [0.29, 0.717) is 16.2 Å². The van der Waals surface area contributed by atoms with E-state index >= 15 is 0 Å². The van der Waals surface area contributed by atoms with E-state index in [1.807, 2.05) is 0 Å². The Morgan fingerprint density at radius 1 is 1.20 bits per heavy atom. The molecule has 0 N–H and O–H groups in total. The van der Waals surface area contributed by atoms with Gasteiger partial charge in [0.2, 0.25) is 0 Å². The van der Waals surface area contributed by atoms with Crippen LogP contribution in [0.3, 0.4) is 0 Å². The van der Waals surface area contributed by atoms with E-state index < -0.39 is 0 Å². The van der Waals surface area contributed by atoms with Gasteiger partial charge < -0.3 is 13.3 Å². The quantitative estimate of drug-likeness (QED) is 0.654. The van der Waals surface area contributed by atoms with Crippen molar-refractivity contribution in [2.75, 3.05) is 0 Å². The van der Waals surface area contributed by atoms with Crippen LogP contribution in [0.1, 0.15) is 54.4 Å². The fourth-order valence-corrected chi connectivity index (χ4v) is 2.10. The molecule has 1 saturated carbocycles. The maximum absolute atomic E-state index is 4.41. The van der Waals surface area contributed by atoms with Crippen molar-refractivity contribution in [3.8, 4) is 0 Å². The zero-order valence-corrected chi connectivity index (χ0v) is 14.2. The van der Waals surface area contributed by atoms with Crippen molar-refractivity contribution < 1.29 is 32.7 Å². The van der Waals surface area contributed by atoms with Gasteiger partial charge in [-0.1, -0.05) is 59.3 Å². The topological polar surface area (TPSA) is 0 Å². The van der Waals surface area contributed by atoms with E-state index in [9.17, 15) is 0 Å². The molecule has 0 saturated heterocycles. The number of rotatable bonds is 2. The summed E-state index contributed by atoms with van der Waals surface area (Å²) in [5.41, 5.74) is 1.07. The molecule has 1 fully saturated rings. The Kier molecular flexibility index (Phi) is 5.12. The Morgan fingerprint density at radius 3 is 1.93 bits per heavy atom. The maximum atomic E-state index is 4.41. The molecule has 0 spiro atoms. The minimum atomic E-state index is 0. The molecule has 1 aliphatic carbocycles. The van der Waals surface area contributed by atoms with Crippen molar-refractivity contribution in [3.63, 3.8) is 0 Å². The summed E-state index contributed by atoms with van der Waals surface area (Å²) in [7, 11) is 0. The van der Waals surface area contributed by atoms with Crippen LogP contribution >= 0.6 is 0 Å². The molecule has 0 aromatic rings. The van der Waals surface area contributed by atoms with Crippen LogP contribution in [0.2, 0.25) is 0 Å². The van der Waals surface area contributed by atoms with Gasteiger partial charge >= 0.3 is 0 Å². The molecule has 0 aromatic heterocycles. The van der Waals surface area contributed by atoms with Gasteiger partial charge in [0.1, 0.15) is 0 Å². The van der Waals surface area contributed by atoms with Crippen LogP contribution in [0.25, 0.3) is 0 Å². The molecule has 1 radical (unpaired) electrons. The van der Waals surface area contributed by atoms with Crippen molar-refractivity contribution >= 4 is 0 Å². The van der Waals surface area contributed by atoms with Gasteiger partial charge in [-0.05, 0) is 0 Å². The fraction of sp³-hybridized carbons (Fsp3) is 0.857. The van der Waals surface area contributed by atoms with Crippen LogP contribution in [0, 0.1) is 35.5 Å². The predicted molar refractivity (Wildman–Crippen MR) is 63.7 cm³/mol. The molecule has 1 rings (SSSR count). The van der Waals surface area contributed by atoms with Crippen molar-refractivity contribution in [2.45, 2.75) is 54.4 Å². The van der Waals surface area contributed by atoms with E-state index in [4.69, 9.17) is 0 Å². The van der Waals surface area contributed by atoms with Crippen molar-refractivity contribution in [2.24, 2.45) is 22.2 Å². The van der Waals surface area contributed by atoms with E-state index in [2.05, 4.69) is 54.9 Å². The third-order valence-electron chi connectivity index (χ3n) is 3.74. The molecule has 2 unspecified atom stereocenters. The Bertz CT molecular complexity index is 206. The molecule has 87 valence electrons. The SMILES string of the molecule is [CH2-]C1(C(C)(C)C)CC1C[CH-]C(C)(C)C.[Y]. The predicted octanol–water partition coefficient (Wildman–Crippen LogP) is 4.51. The van der Waals surface area contributed by atoms with Crippen LogP contribution in [-0.4, -0.2) is 0 Å². The molecule has 1 heteroatoms. The maximum Gasteiger partial charge on any atom is 0 e. The first-order chi connectivity index (χ1) is 6.06. The van der Waals surface area contributed by atoms with Gasteiger partial charge in [0.05, 0.1) is 0 Å². The Hall–Kier alpha value is 1.10. The molecule has 0 bridgehead atoms. The minimum absolute atomic E-state index is 0. The Labute approximate surface area is 122 Å². The van der Waals surface area contributed by atoms with Crippen molar-refractivity contribution in [1.29, 1.82) is 0 Å². The third kappa shape index (κ3) is 4.12. The van der Waals surface area contributed by atoms with E-state index in [0.717, 1.165) is 5.92 Å². The summed E-state index contributed by atoms with van der Waals surface area (Å²) in [5.74, 6) is 0.821. The molecule has 0 aliphatic heterocycles. The average molecular weight is 283 g/mol. The van der Waals surface area contributed by atoms with E-state index in [-0.39, 0.29) is 32.7 Å². The summed E-state index contributed by atoms with van der Waals surface area (Å²) in [6.07, 6.45) is 5.00. The normalized spacial score (nSPS) is 31.0. The summed E-state index contributed by atoms with van der Waals surface area (Å²) >= 11 is 0. The molecule has 0 amide bonds. The fourth-order valence-electron chi connectivity index (χ4n) is 2.10. The monoisotopic (exact) mass is 283 g/mol. The smallest absolute Gasteiger partial charge is 0 e. The molecule has 0 aromatic carbocycles. The molecule has 2 atom stereocenters. The first kappa shape index (κ1) is 16.1. The summed E-state index contributed by atoms with van der Waals surface area (Å²) < 4.78 is 0. The summed E-state index contributed by atoms with van der Waals surface area (Å²) in [6.45, 7) is 18.2. The number of hydrogen-bond donors (Lipinski definition) is 0. The first-order valence-electron chi connectivity index (χ1n) is 5.76. The Balaban J connectivity index is 0.00000196. The van der Waals surface area contributed by atoms with Crippen molar-refractivity contribution in [3.05, 3.63) is 13.3 Å². The standard InChI is InChI=1S/C14H26.Y/c1-12(2,3)9-8-11-10-14(11,7)13(4,5)6;/h9,11H,7-8,10H2,1-6H3;/q-2;. The second-order valence-electron chi connectivity index (χ2n) is 7.11. The van der Waals surface area contributed by atoms with Crippen LogP contribution in [0.4, 0.5) is 0 Å². The summed E-state index contributed by atoms with van der Waals surface area (Å²) in [6, 6.07) is 0. The largest absolute Gasteiger partial charge is 0.337 e. The second kappa shape index (κ2) is 4.77. The molecule has 1 aliphatic rings. The van der Waals surface area contributed by atoms with Crippen LogP contribution < -0.4 is 0 Å². The molecular weight excluding hydrogens is 257 g/mol. The van der Waals surface area contributed by atoms with Crippen LogP contribution in [-0.2, 0) is 32.7 Å². The van der Waals surface area contributed by atoms with Gasteiger partial charge in [-0.25, -0.2) is 0 Å². The van der Waals surface area contributed by atoms with Gasteiger partial charge in [0.25, 0.3) is 0 Å². The van der Waals surface area contributed by atoms with Gasteiger partial charge in [-0.3, -0.25) is 0 Å². The average Bonchev–Trinajstić information content (AvgIpc) is 2.56. The summed E-state index contributed by atoms with van der Waals surface area (Å²) in [4.78, 5) is 0. The van der Waals surface area contributed by atoms with Crippen molar-refractivity contribution in [1.82, 2.24) is 0 Å². The van der Waals surface area contributed by atoms with E-state index in [1.165, 1.54) is 12.8 Å². The number of hydrogen-bond acceptors (Lipinski definition) is 0. The first-order valence-corrected chi connectivity index (χ1v) is 5.76. The zero-order chi connectivity index (χ0) is 11.2. The molecule has 0 nitrogen and oxygen atoms in total. The molecule has 15 heavy (non-hydrogen) atoms. The van der Waals surface area contributed by atoms with Gasteiger partial charge in [0, 0.05) is 32.7 Å². The molecule has 0 heterocycles. The van der Waals surface area contributed by atoms with Gasteiger partial charge in [-0.15, -0.1) is 0 Å². The van der Waals surface area contributed by atoms with Gasteiger partial charge in [-0.2, -0.15) is 17.3 Å². The van der Waals surface area contributed by atoms with Crippen LogP contribution in [0.5, 0.6) is 0 Å². The summed E-state index contributed by atoms with van der Waals surface area (Å²) in [5, 5.41) is 0. The zero-order valence-electron chi connectivity index (χ0n) is 11.4. The third-order valence-corrected chi connectivity index (χ3v) is 3.74. The van der Waals surface area contributed by atoms with Gasteiger partial charge in [0.15, 0.2) is 0 Å². The van der Waals surface area contributed by atoms with Crippen LogP contribution in [0.15, 0.2) is 0 Å². The van der Waals surface area contributed by atoms with E-state index in [1.54, 1.807) is 0 Å². The Morgan fingerprint density at radius 2 is 1.67 bits per heavy atom. The molecular formula is C14H26Y-2. The minimum Gasteiger partial charge on any atom is -0.337 e. The second-order valence-corrected chi connectivity index (χ2v) is 7.11.